The highest BCUT2D eigenvalue weighted by molar-refractivity contribution is 7.54. The van der Waals surface area contributed by atoms with Crippen LogP contribution in [-0.4, -0.2) is 57.5 Å². The molecule has 0 N–H and O–H groups in total. The standard InChI is InChI=1S/C24H23FN5O6P/c1-34-21-6-2-16(12-19(21)24-26-13-15(25)14-27-24)35-23-18-4-7-22(17(18)3-5-20(23)30(31)32)36-37(33,28-8-9-28)29-10-11-29/h2-3,5-6,12-14,22H,4,7-11H2,1H3/t22-/m0/s1. The van der Waals surface area contributed by atoms with Crippen LogP contribution in [-0.2, 0) is 15.5 Å². The van der Waals surface area contributed by atoms with E-state index in [1.807, 2.05) is 9.34 Å². The van der Waals surface area contributed by atoms with Crippen molar-refractivity contribution in [3.05, 3.63) is 69.8 Å². The van der Waals surface area contributed by atoms with Crippen molar-refractivity contribution in [1.82, 2.24) is 19.3 Å². The minimum Gasteiger partial charge on any atom is -0.496 e. The Balaban J connectivity index is 1.35. The molecule has 3 heterocycles. The SMILES string of the molecule is COc1ccc(Oc2c([N+](=O)[O-])ccc3c2CC[C@@H]3OP(=O)(N2CC2)N2CC2)cc1-c1ncc(F)cn1. The van der Waals surface area contributed by atoms with Crippen LogP contribution in [0.25, 0.3) is 11.4 Å². The summed E-state index contributed by atoms with van der Waals surface area (Å²) in [6.07, 6.45) is 2.64. The van der Waals surface area contributed by atoms with Gasteiger partial charge in [0.1, 0.15) is 11.5 Å². The molecule has 11 nitrogen and oxygen atoms in total. The molecular formula is C24H23FN5O6P. The third-order valence-electron chi connectivity index (χ3n) is 6.55. The lowest BCUT2D eigenvalue weighted by Gasteiger charge is -2.24. The van der Waals surface area contributed by atoms with Gasteiger partial charge in [0, 0.05) is 37.8 Å². The molecule has 0 bridgehead atoms. The van der Waals surface area contributed by atoms with Gasteiger partial charge in [0.2, 0.25) is 5.75 Å². The van der Waals surface area contributed by atoms with E-state index in [2.05, 4.69) is 9.97 Å². The van der Waals surface area contributed by atoms with Gasteiger partial charge < -0.3 is 9.47 Å². The molecule has 0 unspecified atom stereocenters. The number of hydrogen-bond acceptors (Lipinski definition) is 8. The monoisotopic (exact) mass is 527 g/mol. The van der Waals surface area contributed by atoms with Crippen molar-refractivity contribution in [2.75, 3.05) is 33.3 Å². The second-order valence-corrected chi connectivity index (χ2v) is 11.3. The molecule has 2 fully saturated rings. The Morgan fingerprint density at radius 1 is 1.11 bits per heavy atom. The Labute approximate surface area is 211 Å². The molecule has 3 aliphatic rings. The van der Waals surface area contributed by atoms with Crippen molar-refractivity contribution in [3.8, 4) is 28.6 Å². The summed E-state index contributed by atoms with van der Waals surface area (Å²) in [4.78, 5) is 19.4. The zero-order valence-corrected chi connectivity index (χ0v) is 20.8. The lowest BCUT2D eigenvalue weighted by atomic mass is 10.1. The highest BCUT2D eigenvalue weighted by atomic mass is 31.2. The Hall–Kier alpha value is -3.44. The smallest absolute Gasteiger partial charge is 0.346 e. The molecule has 13 heteroatoms. The van der Waals surface area contributed by atoms with E-state index >= 15 is 0 Å². The number of aromatic nitrogens is 2. The summed E-state index contributed by atoms with van der Waals surface area (Å²) in [5.41, 5.74) is 1.64. The summed E-state index contributed by atoms with van der Waals surface area (Å²) in [6.45, 7) is 2.94. The summed E-state index contributed by atoms with van der Waals surface area (Å²) in [7, 11) is -1.59. The van der Waals surface area contributed by atoms with Gasteiger partial charge in [0.15, 0.2) is 11.6 Å². The average Bonchev–Trinajstić information content (AvgIpc) is 3.81. The third-order valence-corrected chi connectivity index (χ3v) is 9.31. The van der Waals surface area contributed by atoms with Crippen LogP contribution in [0.15, 0.2) is 42.7 Å². The number of nitro groups is 1. The Morgan fingerprint density at radius 2 is 1.81 bits per heavy atom. The highest BCUT2D eigenvalue weighted by Crippen LogP contribution is 2.64. The molecular weight excluding hydrogens is 504 g/mol. The van der Waals surface area contributed by atoms with Gasteiger partial charge in [0.05, 0.1) is 36.1 Å². The fourth-order valence-electron chi connectivity index (χ4n) is 4.56. The number of ether oxygens (including phenoxy) is 2. The van der Waals surface area contributed by atoms with Crippen molar-refractivity contribution in [1.29, 1.82) is 0 Å². The fourth-order valence-corrected chi connectivity index (χ4v) is 6.92. The van der Waals surface area contributed by atoms with Crippen LogP contribution in [0.3, 0.4) is 0 Å². The number of rotatable bonds is 9. The molecule has 0 amide bonds. The molecule has 37 heavy (non-hydrogen) atoms. The van der Waals surface area contributed by atoms with Gasteiger partial charge in [0.25, 0.3) is 0 Å². The average molecular weight is 527 g/mol. The van der Waals surface area contributed by atoms with Crippen molar-refractivity contribution < 1.29 is 27.9 Å². The molecule has 0 spiro atoms. The van der Waals surface area contributed by atoms with Crippen LogP contribution >= 0.6 is 7.67 Å². The number of methoxy groups -OCH3 is 1. The minimum absolute atomic E-state index is 0.109. The van der Waals surface area contributed by atoms with Gasteiger partial charge in [-0.3, -0.25) is 19.2 Å². The van der Waals surface area contributed by atoms with E-state index < -0.39 is 24.5 Å². The zero-order valence-electron chi connectivity index (χ0n) is 19.9. The minimum atomic E-state index is -3.07. The van der Waals surface area contributed by atoms with Gasteiger partial charge in [-0.15, -0.1) is 0 Å². The number of halogens is 1. The molecule has 3 aromatic rings. The molecule has 0 radical (unpaired) electrons. The van der Waals surface area contributed by atoms with E-state index in [1.54, 1.807) is 24.3 Å². The van der Waals surface area contributed by atoms with E-state index in [0.717, 1.165) is 44.1 Å². The Kier molecular flexibility index (Phi) is 5.91. The number of nitrogens with zero attached hydrogens (tertiary/aromatic N) is 5. The molecule has 1 aliphatic carbocycles. The lowest BCUT2D eigenvalue weighted by Crippen LogP contribution is -2.11. The van der Waals surface area contributed by atoms with Crippen molar-refractivity contribution in [2.24, 2.45) is 0 Å². The van der Waals surface area contributed by atoms with Crippen LogP contribution in [0.5, 0.6) is 17.2 Å². The van der Waals surface area contributed by atoms with E-state index in [1.165, 1.54) is 13.2 Å². The maximum absolute atomic E-state index is 13.6. The third kappa shape index (κ3) is 4.46. The first-order valence-corrected chi connectivity index (χ1v) is 13.3. The largest absolute Gasteiger partial charge is 0.496 e. The maximum atomic E-state index is 13.6. The summed E-state index contributed by atoms with van der Waals surface area (Å²) in [5.74, 6) is 0.470. The second-order valence-electron chi connectivity index (χ2n) is 8.96. The first-order chi connectivity index (χ1) is 17.9. The Morgan fingerprint density at radius 3 is 2.43 bits per heavy atom. The van der Waals surface area contributed by atoms with Crippen LogP contribution in [0, 0.1) is 15.9 Å². The first-order valence-electron chi connectivity index (χ1n) is 11.8. The molecule has 192 valence electrons. The normalized spacial score (nSPS) is 18.9. The molecule has 6 rings (SSSR count). The predicted octanol–water partition coefficient (Wildman–Crippen LogP) is 4.74. The summed E-state index contributed by atoms with van der Waals surface area (Å²) >= 11 is 0. The van der Waals surface area contributed by atoms with E-state index in [0.29, 0.717) is 35.5 Å². The molecule has 2 aromatic carbocycles. The highest BCUT2D eigenvalue weighted by Gasteiger charge is 2.51. The summed E-state index contributed by atoms with van der Waals surface area (Å²) in [6, 6.07) is 7.89. The van der Waals surface area contributed by atoms with E-state index in [4.69, 9.17) is 14.0 Å². The van der Waals surface area contributed by atoms with Gasteiger partial charge in [-0.1, -0.05) is 0 Å². The van der Waals surface area contributed by atoms with Gasteiger partial charge in [-0.25, -0.2) is 23.7 Å². The summed E-state index contributed by atoms with van der Waals surface area (Å²) < 4.78 is 48.3. The molecule has 2 aliphatic heterocycles. The van der Waals surface area contributed by atoms with Crippen molar-refractivity contribution in [3.63, 3.8) is 0 Å². The van der Waals surface area contributed by atoms with Gasteiger partial charge in [-0.05, 0) is 42.7 Å². The van der Waals surface area contributed by atoms with E-state index in [9.17, 15) is 19.1 Å². The van der Waals surface area contributed by atoms with Crippen LogP contribution in [0.4, 0.5) is 10.1 Å². The quantitative estimate of drug-likeness (QED) is 0.167. The summed E-state index contributed by atoms with van der Waals surface area (Å²) in [5, 5.41) is 11.9. The topological polar surface area (TPSA) is 120 Å². The molecule has 0 saturated carbocycles. The van der Waals surface area contributed by atoms with Gasteiger partial charge >= 0.3 is 13.4 Å². The fraction of sp³-hybridized carbons (Fsp3) is 0.333. The number of hydrogen-bond donors (Lipinski definition) is 0. The van der Waals surface area contributed by atoms with E-state index in [-0.39, 0.29) is 17.3 Å². The molecule has 1 atom stereocenters. The lowest BCUT2D eigenvalue weighted by molar-refractivity contribution is -0.385. The maximum Gasteiger partial charge on any atom is 0.346 e. The zero-order chi connectivity index (χ0) is 25.7. The molecule has 2 saturated heterocycles. The number of benzene rings is 2. The van der Waals surface area contributed by atoms with Crippen molar-refractivity contribution in [2.45, 2.75) is 18.9 Å². The second kappa shape index (κ2) is 9.14. The molecule has 1 aromatic heterocycles. The number of nitro benzene ring substituents is 1. The van der Waals surface area contributed by atoms with Gasteiger partial charge in [-0.2, -0.15) is 0 Å². The van der Waals surface area contributed by atoms with Crippen LogP contribution < -0.4 is 9.47 Å². The Bertz CT molecular complexity index is 1410. The van der Waals surface area contributed by atoms with Crippen LogP contribution in [0.2, 0.25) is 0 Å². The first kappa shape index (κ1) is 23.9. The predicted molar refractivity (Wildman–Crippen MR) is 130 cm³/mol. The number of fused-ring (bicyclic) bond motifs is 1. The van der Waals surface area contributed by atoms with Crippen LogP contribution in [0.1, 0.15) is 23.7 Å². The van der Waals surface area contributed by atoms with Crippen molar-refractivity contribution >= 4 is 13.4 Å².